The minimum atomic E-state index is -0.670. The number of benzene rings is 1. The quantitative estimate of drug-likeness (QED) is 0.555. The molecular formula is C21H20Cl2FN5O2. The Balaban J connectivity index is 1.57. The molecule has 0 radical (unpaired) electrons. The van der Waals surface area contributed by atoms with Crippen molar-refractivity contribution in [3.05, 3.63) is 58.0 Å². The van der Waals surface area contributed by atoms with Gasteiger partial charge in [-0.1, -0.05) is 23.2 Å². The first-order valence-corrected chi connectivity index (χ1v) is 10.4. The van der Waals surface area contributed by atoms with Crippen LogP contribution in [0.1, 0.15) is 18.6 Å². The largest absolute Gasteiger partial charge is 0.482 e. The molecule has 1 aliphatic heterocycles. The predicted octanol–water partition coefficient (Wildman–Crippen LogP) is 4.54. The van der Waals surface area contributed by atoms with Crippen LogP contribution in [-0.2, 0) is 4.74 Å². The highest BCUT2D eigenvalue weighted by atomic mass is 35.5. The number of rotatable bonds is 5. The van der Waals surface area contributed by atoms with Gasteiger partial charge < -0.3 is 20.1 Å². The molecule has 31 heavy (non-hydrogen) atoms. The fraction of sp³-hybridized carbons (Fsp3) is 0.286. The number of pyridine rings is 1. The van der Waals surface area contributed by atoms with E-state index < -0.39 is 11.9 Å². The normalized spacial score (nSPS) is 15.0. The van der Waals surface area contributed by atoms with Gasteiger partial charge in [0.1, 0.15) is 17.7 Å². The lowest BCUT2D eigenvalue weighted by Crippen LogP contribution is -2.36. The van der Waals surface area contributed by atoms with E-state index in [-0.39, 0.29) is 16.6 Å². The van der Waals surface area contributed by atoms with Crippen molar-refractivity contribution in [2.75, 3.05) is 36.9 Å². The summed E-state index contributed by atoms with van der Waals surface area (Å²) in [6.07, 6.45) is 1.05. The van der Waals surface area contributed by atoms with Crippen LogP contribution in [-0.4, -0.2) is 41.5 Å². The number of hydrogen-bond acceptors (Lipinski definition) is 7. The van der Waals surface area contributed by atoms with E-state index in [1.165, 1.54) is 12.1 Å². The maximum atomic E-state index is 13.9. The van der Waals surface area contributed by atoms with Crippen molar-refractivity contribution < 1.29 is 13.9 Å². The summed E-state index contributed by atoms with van der Waals surface area (Å²) in [6, 6.07) is 8.12. The molecule has 0 aliphatic carbocycles. The van der Waals surface area contributed by atoms with Gasteiger partial charge in [0.15, 0.2) is 11.6 Å². The fourth-order valence-corrected chi connectivity index (χ4v) is 3.98. The van der Waals surface area contributed by atoms with E-state index in [4.69, 9.17) is 38.4 Å². The van der Waals surface area contributed by atoms with Crippen molar-refractivity contribution in [2.45, 2.75) is 13.0 Å². The smallest absolute Gasteiger partial charge is 0.188 e. The second-order valence-electron chi connectivity index (χ2n) is 7.00. The van der Waals surface area contributed by atoms with Gasteiger partial charge in [-0.25, -0.2) is 9.37 Å². The van der Waals surface area contributed by atoms with Crippen molar-refractivity contribution in [1.29, 1.82) is 0 Å². The van der Waals surface area contributed by atoms with Gasteiger partial charge >= 0.3 is 0 Å². The number of hydrogen-bond donors (Lipinski definition) is 1. The van der Waals surface area contributed by atoms with Gasteiger partial charge in [0.25, 0.3) is 0 Å². The molecule has 1 unspecified atom stereocenters. The number of ether oxygens (including phenoxy) is 2. The summed E-state index contributed by atoms with van der Waals surface area (Å²) in [6.45, 7) is 4.67. The molecule has 0 saturated carbocycles. The molecule has 0 bridgehead atoms. The molecule has 1 aliphatic rings. The summed E-state index contributed by atoms with van der Waals surface area (Å²) in [7, 11) is 0. The number of morpholine rings is 1. The zero-order valence-electron chi connectivity index (χ0n) is 16.7. The van der Waals surface area contributed by atoms with E-state index in [9.17, 15) is 4.39 Å². The zero-order valence-corrected chi connectivity index (χ0v) is 18.2. The highest BCUT2D eigenvalue weighted by Crippen LogP contribution is 2.36. The number of halogens is 3. The summed E-state index contributed by atoms with van der Waals surface area (Å²) in [5.41, 5.74) is 7.57. The predicted molar refractivity (Wildman–Crippen MR) is 118 cm³/mol. The molecule has 10 heteroatoms. The van der Waals surface area contributed by atoms with E-state index in [2.05, 4.69) is 20.1 Å². The first-order valence-electron chi connectivity index (χ1n) is 9.66. The second kappa shape index (κ2) is 9.21. The molecule has 162 valence electrons. The summed E-state index contributed by atoms with van der Waals surface area (Å²) < 4.78 is 25.2. The van der Waals surface area contributed by atoms with Gasteiger partial charge in [-0.3, -0.25) is 0 Å². The van der Waals surface area contributed by atoms with E-state index in [0.29, 0.717) is 29.5 Å². The summed E-state index contributed by atoms with van der Waals surface area (Å²) in [5.74, 6) is 0.670. The molecule has 4 rings (SSSR count). The van der Waals surface area contributed by atoms with E-state index >= 15 is 0 Å². The standard InChI is InChI=1S/C21H20Cl2FN5O2/c1-12(19-14(22)3-4-15(24)20(19)23)31-17-10-16(27-28-21(17)25)13-2-5-18(26-11-13)29-6-8-30-9-7-29/h2-5,10-12H,6-9H2,1H3,(H2,25,28). The number of nitrogen functional groups attached to an aromatic ring is 1. The van der Waals surface area contributed by atoms with Crippen molar-refractivity contribution in [3.63, 3.8) is 0 Å². The molecule has 3 aromatic rings. The third-order valence-electron chi connectivity index (χ3n) is 4.95. The van der Waals surface area contributed by atoms with Crippen LogP contribution in [0.15, 0.2) is 36.5 Å². The highest BCUT2D eigenvalue weighted by molar-refractivity contribution is 6.36. The Labute approximate surface area is 188 Å². The van der Waals surface area contributed by atoms with Crippen LogP contribution >= 0.6 is 23.2 Å². The SMILES string of the molecule is CC(Oc1cc(-c2ccc(N3CCOCC3)nc2)nnc1N)c1c(Cl)ccc(F)c1Cl. The number of nitrogens with zero attached hydrogens (tertiary/aromatic N) is 4. The van der Waals surface area contributed by atoms with Crippen molar-refractivity contribution in [1.82, 2.24) is 15.2 Å². The maximum Gasteiger partial charge on any atom is 0.188 e. The van der Waals surface area contributed by atoms with Crippen molar-refractivity contribution >= 4 is 34.8 Å². The Bertz CT molecular complexity index is 1080. The van der Waals surface area contributed by atoms with Crippen molar-refractivity contribution in [3.8, 4) is 17.0 Å². The van der Waals surface area contributed by atoms with Gasteiger partial charge in [-0.05, 0) is 31.2 Å². The molecular weight excluding hydrogens is 444 g/mol. The Morgan fingerprint density at radius 2 is 1.94 bits per heavy atom. The molecule has 1 atom stereocenters. The lowest BCUT2D eigenvalue weighted by atomic mass is 10.1. The van der Waals surface area contributed by atoms with Gasteiger partial charge in [0.2, 0.25) is 0 Å². The Hall–Kier alpha value is -2.68. The third kappa shape index (κ3) is 4.66. The number of aromatic nitrogens is 3. The molecule has 7 nitrogen and oxygen atoms in total. The third-order valence-corrected chi connectivity index (χ3v) is 5.67. The zero-order chi connectivity index (χ0) is 22.0. The van der Waals surface area contributed by atoms with Crippen LogP contribution < -0.4 is 15.4 Å². The van der Waals surface area contributed by atoms with Crippen molar-refractivity contribution in [2.24, 2.45) is 0 Å². The van der Waals surface area contributed by atoms with Gasteiger partial charge in [-0.15, -0.1) is 10.2 Å². The molecule has 3 heterocycles. The average Bonchev–Trinajstić information content (AvgIpc) is 2.79. The Morgan fingerprint density at radius 1 is 1.16 bits per heavy atom. The lowest BCUT2D eigenvalue weighted by Gasteiger charge is -2.27. The van der Waals surface area contributed by atoms with E-state index in [0.717, 1.165) is 24.5 Å². The first-order chi connectivity index (χ1) is 14.9. The van der Waals surface area contributed by atoms with Crippen LogP contribution in [0.4, 0.5) is 16.0 Å². The van der Waals surface area contributed by atoms with Gasteiger partial charge in [0, 0.05) is 41.5 Å². The molecule has 2 aromatic heterocycles. The van der Waals surface area contributed by atoms with Gasteiger partial charge in [-0.2, -0.15) is 0 Å². The Kier molecular flexibility index (Phi) is 6.41. The second-order valence-corrected chi connectivity index (χ2v) is 7.79. The molecule has 1 saturated heterocycles. The molecule has 1 fully saturated rings. The maximum absolute atomic E-state index is 13.9. The van der Waals surface area contributed by atoms with Gasteiger partial charge in [0.05, 0.1) is 23.9 Å². The minimum Gasteiger partial charge on any atom is -0.482 e. The highest BCUT2D eigenvalue weighted by Gasteiger charge is 2.20. The molecule has 1 aromatic carbocycles. The fourth-order valence-electron chi connectivity index (χ4n) is 3.30. The number of anilines is 2. The topological polar surface area (TPSA) is 86.4 Å². The average molecular weight is 464 g/mol. The van der Waals surface area contributed by atoms with Crippen LogP contribution in [0.25, 0.3) is 11.3 Å². The Morgan fingerprint density at radius 3 is 2.65 bits per heavy atom. The molecule has 2 N–H and O–H groups in total. The van der Waals surface area contributed by atoms with Crippen LogP contribution in [0.5, 0.6) is 5.75 Å². The van der Waals surface area contributed by atoms with Crippen LogP contribution in [0, 0.1) is 5.82 Å². The van der Waals surface area contributed by atoms with E-state index in [1.807, 2.05) is 12.1 Å². The molecule has 0 amide bonds. The van der Waals surface area contributed by atoms with E-state index in [1.54, 1.807) is 19.2 Å². The van der Waals surface area contributed by atoms with Crippen LogP contribution in [0.3, 0.4) is 0 Å². The minimum absolute atomic E-state index is 0.0938. The summed E-state index contributed by atoms with van der Waals surface area (Å²) >= 11 is 12.3. The summed E-state index contributed by atoms with van der Waals surface area (Å²) in [4.78, 5) is 6.68. The first kappa shape index (κ1) is 21.5. The molecule has 0 spiro atoms. The number of nitrogens with two attached hydrogens (primary N) is 1. The monoisotopic (exact) mass is 463 g/mol. The summed E-state index contributed by atoms with van der Waals surface area (Å²) in [5, 5.41) is 8.33. The van der Waals surface area contributed by atoms with Crippen LogP contribution in [0.2, 0.25) is 10.0 Å². The lowest BCUT2D eigenvalue weighted by molar-refractivity contribution is 0.122.